The fraction of sp³-hybridized carbons (Fsp3) is 0.182. The van der Waals surface area contributed by atoms with Gasteiger partial charge in [0, 0.05) is 28.6 Å². The number of thiazole rings is 1. The molecule has 0 atom stereocenters. The lowest BCUT2D eigenvalue weighted by Gasteiger charge is -2.18. The summed E-state index contributed by atoms with van der Waals surface area (Å²) in [4.78, 5) is 15.9. The molecular weight excluding hydrogens is 384 g/mol. The maximum Gasteiger partial charge on any atom is 0.269 e. The van der Waals surface area contributed by atoms with Crippen molar-refractivity contribution in [2.75, 3.05) is 6.54 Å². The van der Waals surface area contributed by atoms with Crippen LogP contribution in [-0.2, 0) is 6.42 Å². The highest BCUT2D eigenvalue weighted by atomic mass is 32.1. The number of non-ortho nitro benzene ring substituents is 1. The second-order valence-electron chi connectivity index (χ2n) is 6.71. The van der Waals surface area contributed by atoms with E-state index in [0.29, 0.717) is 6.54 Å². The Morgan fingerprint density at radius 1 is 1.17 bits per heavy atom. The van der Waals surface area contributed by atoms with Crippen molar-refractivity contribution in [3.05, 3.63) is 92.6 Å². The zero-order chi connectivity index (χ0) is 20.2. The van der Waals surface area contributed by atoms with E-state index in [-0.39, 0.29) is 5.69 Å². The van der Waals surface area contributed by atoms with Gasteiger partial charge >= 0.3 is 0 Å². The quantitative estimate of drug-likeness (QED) is 0.348. The third kappa shape index (κ3) is 3.95. The number of benzene rings is 2. The van der Waals surface area contributed by atoms with Crippen LogP contribution in [0.25, 0.3) is 11.3 Å². The molecule has 1 heterocycles. The number of nitro groups is 1. The number of nitrogens with zero attached hydrogens (tertiary/aromatic N) is 4. The molecule has 1 aromatic heterocycles. The Balaban J connectivity index is 1.85. The van der Waals surface area contributed by atoms with Crippen molar-refractivity contribution in [3.8, 4) is 11.3 Å². The van der Waals surface area contributed by atoms with Crippen LogP contribution in [0.3, 0.4) is 0 Å². The molecule has 29 heavy (non-hydrogen) atoms. The maximum atomic E-state index is 11.0. The molecule has 146 valence electrons. The summed E-state index contributed by atoms with van der Waals surface area (Å²) in [6.45, 7) is 4.25. The lowest BCUT2D eigenvalue weighted by atomic mass is 9.90. The van der Waals surface area contributed by atoms with Crippen molar-refractivity contribution in [3.63, 3.8) is 0 Å². The molecule has 1 aliphatic rings. The van der Waals surface area contributed by atoms with Crippen molar-refractivity contribution in [1.82, 2.24) is 4.68 Å². The second-order valence-corrected chi connectivity index (χ2v) is 7.54. The molecule has 0 spiro atoms. The van der Waals surface area contributed by atoms with Gasteiger partial charge in [-0.05, 0) is 37.0 Å². The molecule has 0 amide bonds. The van der Waals surface area contributed by atoms with Crippen LogP contribution in [0, 0.1) is 10.1 Å². The normalized spacial score (nSPS) is 15.3. The van der Waals surface area contributed by atoms with E-state index < -0.39 is 4.92 Å². The minimum absolute atomic E-state index is 0.0691. The number of hydrogen-bond donors (Lipinski definition) is 0. The molecule has 7 heteroatoms. The monoisotopic (exact) mass is 404 g/mol. The SMILES string of the molecule is C=CCN=c1scc(-c2ccc([N+](=O)[O-])cc2)n1N=C1CCCc2ccccc21. The topological polar surface area (TPSA) is 72.8 Å². The Morgan fingerprint density at radius 2 is 1.97 bits per heavy atom. The van der Waals surface area contributed by atoms with Gasteiger partial charge in [0.15, 0.2) is 0 Å². The summed E-state index contributed by atoms with van der Waals surface area (Å²) < 4.78 is 1.85. The molecule has 0 N–H and O–H groups in total. The molecule has 4 rings (SSSR count). The van der Waals surface area contributed by atoms with Gasteiger partial charge in [0.1, 0.15) is 0 Å². The number of hydrogen-bond acceptors (Lipinski definition) is 5. The summed E-state index contributed by atoms with van der Waals surface area (Å²) in [5, 5.41) is 17.9. The Bertz CT molecular complexity index is 1160. The third-order valence-corrected chi connectivity index (χ3v) is 5.68. The molecule has 0 saturated heterocycles. The van der Waals surface area contributed by atoms with E-state index in [0.717, 1.165) is 41.0 Å². The Labute approximate surface area is 172 Å². The van der Waals surface area contributed by atoms with Gasteiger partial charge in [-0.15, -0.1) is 17.9 Å². The Hall–Kier alpha value is -3.32. The molecule has 0 fully saturated rings. The Kier molecular flexibility index (Phi) is 5.48. The summed E-state index contributed by atoms with van der Waals surface area (Å²) in [5.74, 6) is 0. The maximum absolute atomic E-state index is 11.0. The zero-order valence-corrected chi connectivity index (χ0v) is 16.6. The van der Waals surface area contributed by atoms with Crippen LogP contribution in [0.5, 0.6) is 0 Å². The summed E-state index contributed by atoms with van der Waals surface area (Å²) in [6, 6.07) is 14.9. The highest BCUT2D eigenvalue weighted by molar-refractivity contribution is 7.07. The highest BCUT2D eigenvalue weighted by Gasteiger charge is 2.17. The fourth-order valence-electron chi connectivity index (χ4n) is 3.42. The van der Waals surface area contributed by atoms with Gasteiger partial charge in [0.2, 0.25) is 4.80 Å². The van der Waals surface area contributed by atoms with E-state index >= 15 is 0 Å². The minimum Gasteiger partial charge on any atom is -0.258 e. The number of aryl methyl sites for hydroxylation is 1. The number of fused-ring (bicyclic) bond motifs is 1. The van der Waals surface area contributed by atoms with Crippen LogP contribution >= 0.6 is 11.3 Å². The van der Waals surface area contributed by atoms with Gasteiger partial charge in [0.25, 0.3) is 5.69 Å². The van der Waals surface area contributed by atoms with Gasteiger partial charge in [-0.2, -0.15) is 5.10 Å². The molecule has 0 aliphatic heterocycles. The fourth-order valence-corrected chi connectivity index (χ4v) is 4.27. The first-order valence-electron chi connectivity index (χ1n) is 9.40. The Morgan fingerprint density at radius 3 is 2.72 bits per heavy atom. The van der Waals surface area contributed by atoms with Gasteiger partial charge in [-0.1, -0.05) is 30.3 Å². The molecular formula is C22H20N4O2S. The molecule has 3 aromatic rings. The molecule has 0 unspecified atom stereocenters. The van der Waals surface area contributed by atoms with E-state index in [4.69, 9.17) is 5.10 Å². The van der Waals surface area contributed by atoms with Crippen LogP contribution in [0.1, 0.15) is 24.0 Å². The lowest BCUT2D eigenvalue weighted by molar-refractivity contribution is -0.384. The zero-order valence-electron chi connectivity index (χ0n) is 15.8. The van der Waals surface area contributed by atoms with Crippen molar-refractivity contribution in [2.24, 2.45) is 10.1 Å². The molecule has 6 nitrogen and oxygen atoms in total. The number of rotatable bonds is 5. The molecule has 1 aliphatic carbocycles. The van der Waals surface area contributed by atoms with E-state index in [2.05, 4.69) is 29.8 Å². The average Bonchev–Trinajstić information content (AvgIpc) is 3.15. The first-order chi connectivity index (χ1) is 14.2. The first-order valence-corrected chi connectivity index (χ1v) is 10.3. The lowest BCUT2D eigenvalue weighted by Crippen LogP contribution is -2.18. The van der Waals surface area contributed by atoms with Crippen LogP contribution in [0.15, 0.2) is 76.7 Å². The van der Waals surface area contributed by atoms with Gasteiger partial charge in [-0.25, -0.2) is 4.68 Å². The average molecular weight is 404 g/mol. The van der Waals surface area contributed by atoms with E-state index in [1.54, 1.807) is 18.2 Å². The van der Waals surface area contributed by atoms with Crippen molar-refractivity contribution < 1.29 is 4.92 Å². The molecule has 0 bridgehead atoms. The van der Waals surface area contributed by atoms with Crippen LogP contribution in [0.2, 0.25) is 0 Å². The van der Waals surface area contributed by atoms with Gasteiger partial charge in [-0.3, -0.25) is 15.1 Å². The largest absolute Gasteiger partial charge is 0.269 e. The summed E-state index contributed by atoms with van der Waals surface area (Å²) in [6.07, 6.45) is 4.78. The van der Waals surface area contributed by atoms with Crippen molar-refractivity contribution in [2.45, 2.75) is 19.3 Å². The second kappa shape index (κ2) is 8.36. The van der Waals surface area contributed by atoms with Crippen molar-refractivity contribution >= 4 is 22.7 Å². The summed E-state index contributed by atoms with van der Waals surface area (Å²) in [5.41, 5.74) is 5.33. The highest BCUT2D eigenvalue weighted by Crippen LogP contribution is 2.25. The molecule has 0 saturated carbocycles. The van der Waals surface area contributed by atoms with E-state index in [1.165, 1.54) is 34.6 Å². The first kappa shape index (κ1) is 19.0. The predicted octanol–water partition coefficient (Wildman–Crippen LogP) is 4.80. The summed E-state index contributed by atoms with van der Waals surface area (Å²) >= 11 is 1.50. The predicted molar refractivity (Wildman–Crippen MR) is 116 cm³/mol. The van der Waals surface area contributed by atoms with Crippen LogP contribution < -0.4 is 4.80 Å². The molecule has 2 aromatic carbocycles. The van der Waals surface area contributed by atoms with E-state index in [1.807, 2.05) is 16.1 Å². The van der Waals surface area contributed by atoms with Gasteiger partial charge < -0.3 is 0 Å². The summed E-state index contributed by atoms with van der Waals surface area (Å²) in [7, 11) is 0. The standard InChI is InChI=1S/C22H20N4O2S/c1-2-14-23-22-25(24-20-9-5-7-16-6-3-4-8-19(16)20)21(15-29-22)17-10-12-18(13-11-17)26(27)28/h2-4,6,8,10-13,15H,1,5,7,9,14H2. The van der Waals surface area contributed by atoms with Crippen LogP contribution in [0.4, 0.5) is 5.69 Å². The number of aromatic nitrogens is 1. The van der Waals surface area contributed by atoms with Crippen molar-refractivity contribution in [1.29, 1.82) is 0 Å². The van der Waals surface area contributed by atoms with E-state index in [9.17, 15) is 10.1 Å². The molecule has 0 radical (unpaired) electrons. The smallest absolute Gasteiger partial charge is 0.258 e. The number of nitro benzene ring substituents is 1. The third-order valence-electron chi connectivity index (χ3n) is 4.82. The minimum atomic E-state index is -0.393. The van der Waals surface area contributed by atoms with Gasteiger partial charge in [0.05, 0.1) is 22.9 Å². The van der Waals surface area contributed by atoms with Crippen LogP contribution in [-0.4, -0.2) is 21.9 Å².